The molecule has 0 unspecified atom stereocenters. The van der Waals surface area contributed by atoms with Crippen LogP contribution in [-0.2, 0) is 9.59 Å². The Kier molecular flexibility index (Phi) is 4.83. The van der Waals surface area contributed by atoms with Gasteiger partial charge in [0.25, 0.3) is 0 Å². The molecule has 0 bridgehead atoms. The molecule has 0 saturated heterocycles. The first kappa shape index (κ1) is 19.3. The number of rotatable bonds is 6. The van der Waals surface area contributed by atoms with E-state index in [1.165, 1.54) is 0 Å². The molecule has 3 N–H and O–H groups in total. The molecule has 0 radical (unpaired) electrons. The lowest BCUT2D eigenvalue weighted by Gasteiger charge is -2.29. The van der Waals surface area contributed by atoms with Crippen molar-refractivity contribution >= 4 is 23.5 Å². The molecule has 1 amide bonds. The second kappa shape index (κ2) is 6.02. The molecule has 0 saturated carbocycles. The van der Waals surface area contributed by atoms with Gasteiger partial charge in [0.15, 0.2) is 0 Å². The van der Waals surface area contributed by atoms with Crippen LogP contribution in [-0.4, -0.2) is 45.8 Å². The van der Waals surface area contributed by atoms with E-state index >= 15 is 0 Å². The molecule has 24 heavy (non-hydrogen) atoms. The van der Waals surface area contributed by atoms with Crippen molar-refractivity contribution in [3.8, 4) is 0 Å². The zero-order chi connectivity index (χ0) is 18.9. The third-order valence-electron chi connectivity index (χ3n) is 2.71. The van der Waals surface area contributed by atoms with Gasteiger partial charge in [-0.1, -0.05) is 6.07 Å². The number of alkyl halides is 6. The van der Waals surface area contributed by atoms with Crippen molar-refractivity contribution in [2.45, 2.75) is 17.8 Å². The minimum atomic E-state index is -6.54. The predicted octanol–water partition coefficient (Wildman–Crippen LogP) is 2.31. The number of hydrogen-bond acceptors (Lipinski definition) is 3. The van der Waals surface area contributed by atoms with Gasteiger partial charge in [-0.15, -0.1) is 0 Å². The van der Waals surface area contributed by atoms with E-state index in [9.17, 15) is 40.7 Å². The molecule has 0 aliphatic heterocycles. The normalized spacial score (nSPS) is 12.6. The van der Waals surface area contributed by atoms with Gasteiger partial charge in [-0.05, 0) is 18.2 Å². The highest BCUT2D eigenvalue weighted by Gasteiger charge is 2.78. The largest absolute Gasteiger partial charge is 0.478 e. The van der Waals surface area contributed by atoms with Crippen molar-refractivity contribution in [1.29, 1.82) is 0 Å². The SMILES string of the molecule is O=C(O)c1cccc(NC(=O)C(F)(F)C(F)(F)C(F)(F)C(=O)O)c1. The molecule has 0 aromatic heterocycles. The molecule has 0 atom stereocenters. The van der Waals surface area contributed by atoms with E-state index in [2.05, 4.69) is 0 Å². The molecule has 0 aliphatic carbocycles. The third kappa shape index (κ3) is 3.12. The summed E-state index contributed by atoms with van der Waals surface area (Å²) in [6.45, 7) is 0. The molecule has 0 spiro atoms. The Morgan fingerprint density at radius 2 is 1.46 bits per heavy atom. The molecule has 1 aromatic carbocycles. The number of hydrogen-bond donors (Lipinski definition) is 3. The number of carbonyl (C=O) groups excluding carboxylic acids is 1. The van der Waals surface area contributed by atoms with Crippen molar-refractivity contribution in [2.75, 3.05) is 5.32 Å². The fourth-order valence-corrected chi connectivity index (χ4v) is 1.41. The smallest absolute Gasteiger partial charge is 0.411 e. The fraction of sp³-hybridized carbons (Fsp3) is 0.250. The summed E-state index contributed by atoms with van der Waals surface area (Å²) in [5, 5.41) is 17.7. The lowest BCUT2D eigenvalue weighted by atomic mass is 10.0. The highest BCUT2D eigenvalue weighted by atomic mass is 19.3. The molecule has 0 fully saturated rings. The zero-order valence-electron chi connectivity index (χ0n) is 11.2. The van der Waals surface area contributed by atoms with Gasteiger partial charge in [0, 0.05) is 5.69 Å². The lowest BCUT2D eigenvalue weighted by Crippen LogP contribution is -2.62. The number of benzene rings is 1. The molecule has 0 aliphatic rings. The van der Waals surface area contributed by atoms with Crippen molar-refractivity contribution in [3.63, 3.8) is 0 Å². The first-order valence-corrected chi connectivity index (χ1v) is 5.76. The van der Waals surface area contributed by atoms with Crippen molar-refractivity contribution in [2.24, 2.45) is 0 Å². The maximum Gasteiger partial charge on any atom is 0.411 e. The minimum Gasteiger partial charge on any atom is -0.478 e. The van der Waals surface area contributed by atoms with Crippen molar-refractivity contribution in [3.05, 3.63) is 29.8 Å². The van der Waals surface area contributed by atoms with Gasteiger partial charge in [-0.3, -0.25) is 4.79 Å². The van der Waals surface area contributed by atoms with E-state index in [1.807, 2.05) is 0 Å². The Balaban J connectivity index is 3.15. The average Bonchev–Trinajstić information content (AvgIpc) is 2.46. The molecule has 1 rings (SSSR count). The maximum atomic E-state index is 13.4. The monoisotopic (exact) mass is 359 g/mol. The van der Waals surface area contributed by atoms with Crippen LogP contribution < -0.4 is 5.32 Å². The van der Waals surface area contributed by atoms with E-state index < -0.39 is 46.9 Å². The summed E-state index contributed by atoms with van der Waals surface area (Å²) in [6.07, 6.45) is 0. The van der Waals surface area contributed by atoms with Gasteiger partial charge >= 0.3 is 35.6 Å². The van der Waals surface area contributed by atoms with Gasteiger partial charge in [0.1, 0.15) is 0 Å². The summed E-state index contributed by atoms with van der Waals surface area (Å²) in [6, 6.07) is 3.36. The summed E-state index contributed by atoms with van der Waals surface area (Å²) in [4.78, 5) is 31.9. The van der Waals surface area contributed by atoms with E-state index in [4.69, 9.17) is 10.2 Å². The second-order valence-corrected chi connectivity index (χ2v) is 4.37. The zero-order valence-corrected chi connectivity index (χ0v) is 11.2. The first-order chi connectivity index (χ1) is 10.7. The Morgan fingerprint density at radius 1 is 0.917 bits per heavy atom. The Hall–Kier alpha value is -2.79. The number of amides is 1. The number of aromatic carboxylic acids is 1. The number of halogens is 6. The number of aliphatic carboxylic acids is 1. The van der Waals surface area contributed by atoms with Crippen LogP contribution in [0.2, 0.25) is 0 Å². The Morgan fingerprint density at radius 3 is 1.92 bits per heavy atom. The molecule has 132 valence electrons. The van der Waals surface area contributed by atoms with Crippen LogP contribution in [0.3, 0.4) is 0 Å². The molecule has 12 heteroatoms. The quantitative estimate of drug-likeness (QED) is 0.677. The van der Waals surface area contributed by atoms with Gasteiger partial charge in [-0.25, -0.2) is 9.59 Å². The van der Waals surface area contributed by atoms with E-state index in [0.717, 1.165) is 23.5 Å². The lowest BCUT2D eigenvalue weighted by molar-refractivity contribution is -0.291. The fourth-order valence-electron chi connectivity index (χ4n) is 1.41. The standard InChI is InChI=1S/C12H7F6NO5/c13-10(14,12(17,18)11(15,16)9(23)24)8(22)19-6-3-1-2-5(4-6)7(20)21/h1-4H,(H,19,22)(H,20,21)(H,23,24). The van der Waals surface area contributed by atoms with Gasteiger partial charge in [0.2, 0.25) is 0 Å². The van der Waals surface area contributed by atoms with E-state index in [1.54, 1.807) is 0 Å². The topological polar surface area (TPSA) is 104 Å². The van der Waals surface area contributed by atoms with E-state index in [0.29, 0.717) is 6.07 Å². The first-order valence-electron chi connectivity index (χ1n) is 5.76. The third-order valence-corrected chi connectivity index (χ3v) is 2.71. The summed E-state index contributed by atoms with van der Waals surface area (Å²) < 4.78 is 78.7. The maximum absolute atomic E-state index is 13.4. The van der Waals surface area contributed by atoms with Gasteiger partial charge < -0.3 is 15.5 Å². The van der Waals surface area contributed by atoms with Crippen LogP contribution in [0.4, 0.5) is 32.0 Å². The number of anilines is 1. The van der Waals surface area contributed by atoms with Crippen LogP contribution in [0.1, 0.15) is 10.4 Å². The molecule has 0 heterocycles. The number of carboxylic acid groups (broad SMARTS) is 2. The summed E-state index contributed by atoms with van der Waals surface area (Å²) >= 11 is 0. The van der Waals surface area contributed by atoms with Crippen LogP contribution in [0, 0.1) is 0 Å². The molecular weight excluding hydrogens is 352 g/mol. The summed E-state index contributed by atoms with van der Waals surface area (Å²) in [5.74, 6) is -26.9. The molecule has 6 nitrogen and oxygen atoms in total. The minimum absolute atomic E-state index is 0.515. The number of carboxylic acids is 2. The van der Waals surface area contributed by atoms with Crippen LogP contribution in [0.5, 0.6) is 0 Å². The second-order valence-electron chi connectivity index (χ2n) is 4.37. The van der Waals surface area contributed by atoms with Crippen molar-refractivity contribution in [1.82, 2.24) is 0 Å². The van der Waals surface area contributed by atoms with Crippen LogP contribution in [0.15, 0.2) is 24.3 Å². The number of nitrogens with one attached hydrogen (secondary N) is 1. The van der Waals surface area contributed by atoms with Crippen molar-refractivity contribution < 1.29 is 50.9 Å². The van der Waals surface area contributed by atoms with Crippen LogP contribution in [0.25, 0.3) is 0 Å². The summed E-state index contributed by atoms with van der Waals surface area (Å²) in [7, 11) is 0. The predicted molar refractivity (Wildman–Crippen MR) is 64.5 cm³/mol. The van der Waals surface area contributed by atoms with Gasteiger partial charge in [0.05, 0.1) is 5.56 Å². The number of carbonyl (C=O) groups is 3. The summed E-state index contributed by atoms with van der Waals surface area (Å²) in [5.41, 5.74) is -1.22. The Bertz CT molecular complexity index is 690. The molecular formula is C12H7F6NO5. The van der Waals surface area contributed by atoms with E-state index in [-0.39, 0.29) is 0 Å². The van der Waals surface area contributed by atoms with Crippen LogP contribution >= 0.6 is 0 Å². The van der Waals surface area contributed by atoms with Gasteiger partial charge in [-0.2, -0.15) is 26.3 Å². The Labute approximate surface area is 128 Å². The highest BCUT2D eigenvalue weighted by Crippen LogP contribution is 2.46. The molecule has 1 aromatic rings. The average molecular weight is 359 g/mol. The highest BCUT2D eigenvalue weighted by molar-refractivity contribution is 5.99.